The van der Waals surface area contributed by atoms with E-state index >= 15 is 0 Å². The zero-order chi connectivity index (χ0) is 19.1. The summed E-state index contributed by atoms with van der Waals surface area (Å²) < 4.78 is 1.01. The monoisotopic (exact) mass is 448 g/mol. The topological polar surface area (TPSA) is 47.9 Å². The molecule has 5 nitrogen and oxygen atoms in total. The fourth-order valence-electron chi connectivity index (χ4n) is 2.92. The molecule has 0 atom stereocenters. The maximum atomic E-state index is 12.1. The number of benzene rings is 2. The first-order valence-electron chi connectivity index (χ1n) is 8.85. The number of rotatable bonds is 6. The third-order valence-electron chi connectivity index (χ3n) is 4.42. The summed E-state index contributed by atoms with van der Waals surface area (Å²) in [6.45, 7) is 4.91. The second kappa shape index (κ2) is 9.99. The number of nitrogens with zero attached hydrogens (tertiary/aromatic N) is 3. The van der Waals surface area contributed by atoms with E-state index in [0.29, 0.717) is 6.54 Å². The Labute approximate surface area is 173 Å². The first-order valence-corrected chi connectivity index (χ1v) is 10.0. The second-order valence-corrected chi connectivity index (χ2v) is 7.88. The van der Waals surface area contributed by atoms with E-state index in [2.05, 4.69) is 48.4 Å². The molecule has 0 bridgehead atoms. The van der Waals surface area contributed by atoms with Gasteiger partial charge in [-0.05, 0) is 35.4 Å². The minimum atomic E-state index is -0.0884. The van der Waals surface area contributed by atoms with E-state index in [4.69, 9.17) is 11.6 Å². The Bertz CT molecular complexity index is 772. The molecular formula is C20H22BrClN4O. The normalized spacial score (nSPS) is 15.9. The Morgan fingerprint density at radius 2 is 1.67 bits per heavy atom. The quantitative estimate of drug-likeness (QED) is 0.543. The highest BCUT2D eigenvalue weighted by Gasteiger charge is 2.18. The van der Waals surface area contributed by atoms with Gasteiger partial charge in [-0.3, -0.25) is 14.6 Å². The van der Waals surface area contributed by atoms with Crippen molar-refractivity contribution >= 4 is 39.7 Å². The van der Waals surface area contributed by atoms with Crippen LogP contribution in [0.2, 0.25) is 5.02 Å². The average Bonchev–Trinajstić information content (AvgIpc) is 2.67. The van der Waals surface area contributed by atoms with Crippen molar-refractivity contribution in [2.75, 3.05) is 32.7 Å². The summed E-state index contributed by atoms with van der Waals surface area (Å²) in [6.07, 6.45) is 1.65. The summed E-state index contributed by atoms with van der Waals surface area (Å²) in [5, 5.41) is 4.79. The molecule has 3 rings (SSSR count). The number of nitrogens with one attached hydrogen (secondary N) is 1. The predicted molar refractivity (Wildman–Crippen MR) is 113 cm³/mol. The Kier molecular flexibility index (Phi) is 7.41. The first-order chi connectivity index (χ1) is 13.1. The maximum Gasteiger partial charge on any atom is 0.254 e. The molecule has 1 N–H and O–H groups in total. The van der Waals surface area contributed by atoms with Crippen LogP contribution in [0.25, 0.3) is 0 Å². The molecular weight excluding hydrogens is 428 g/mol. The van der Waals surface area contributed by atoms with E-state index in [1.165, 1.54) is 5.56 Å². The molecule has 1 aliphatic heterocycles. The van der Waals surface area contributed by atoms with Crippen molar-refractivity contribution in [1.29, 1.82) is 0 Å². The molecule has 0 spiro atoms. The molecule has 7 heteroatoms. The molecule has 142 valence electrons. The van der Waals surface area contributed by atoms with Crippen LogP contribution in [-0.4, -0.2) is 54.6 Å². The minimum Gasteiger partial charge on any atom is -0.297 e. The summed E-state index contributed by atoms with van der Waals surface area (Å²) >= 11 is 9.32. The number of hydrogen-bond donors (Lipinski definition) is 1. The maximum absolute atomic E-state index is 12.1. The molecule has 1 heterocycles. The standard InChI is InChI=1S/C20H22BrClN4O/c21-18-5-1-16(2-6-18)13-23-24-20(27)15-26-11-9-25(10-12-26)14-17-3-7-19(22)8-4-17/h1-8,13H,9-12,14-15H2,(H,24,27)/b23-13+. The summed E-state index contributed by atoms with van der Waals surface area (Å²) in [5.41, 5.74) is 4.80. The van der Waals surface area contributed by atoms with Crippen LogP contribution in [0.3, 0.4) is 0 Å². The molecule has 0 aliphatic carbocycles. The number of amides is 1. The molecule has 0 radical (unpaired) electrons. The van der Waals surface area contributed by atoms with Crippen LogP contribution in [0, 0.1) is 0 Å². The lowest BCUT2D eigenvalue weighted by Crippen LogP contribution is -2.48. The van der Waals surface area contributed by atoms with Crippen molar-refractivity contribution in [1.82, 2.24) is 15.2 Å². The van der Waals surface area contributed by atoms with Crippen molar-refractivity contribution < 1.29 is 4.79 Å². The van der Waals surface area contributed by atoms with Crippen LogP contribution in [0.15, 0.2) is 58.1 Å². The van der Waals surface area contributed by atoms with Gasteiger partial charge in [-0.1, -0.05) is 51.8 Å². The minimum absolute atomic E-state index is 0.0884. The van der Waals surface area contributed by atoms with E-state index < -0.39 is 0 Å². The average molecular weight is 450 g/mol. The molecule has 1 fully saturated rings. The van der Waals surface area contributed by atoms with Gasteiger partial charge in [-0.2, -0.15) is 5.10 Å². The Morgan fingerprint density at radius 3 is 2.33 bits per heavy atom. The van der Waals surface area contributed by atoms with E-state index in [1.807, 2.05) is 36.4 Å². The predicted octanol–water partition coefficient (Wildman–Crippen LogP) is 3.37. The number of hydrogen-bond acceptors (Lipinski definition) is 4. The fourth-order valence-corrected chi connectivity index (χ4v) is 3.31. The number of halogens is 2. The zero-order valence-corrected chi connectivity index (χ0v) is 17.3. The van der Waals surface area contributed by atoms with Gasteiger partial charge in [0.05, 0.1) is 12.8 Å². The lowest BCUT2D eigenvalue weighted by Gasteiger charge is -2.34. The number of hydrazone groups is 1. The van der Waals surface area contributed by atoms with Crippen molar-refractivity contribution in [3.05, 3.63) is 69.2 Å². The summed E-state index contributed by atoms with van der Waals surface area (Å²) in [5.74, 6) is -0.0884. The highest BCUT2D eigenvalue weighted by Crippen LogP contribution is 2.13. The molecule has 0 unspecified atom stereocenters. The number of carbonyl (C=O) groups is 1. The van der Waals surface area contributed by atoms with Gasteiger partial charge < -0.3 is 0 Å². The van der Waals surface area contributed by atoms with Crippen molar-refractivity contribution in [3.63, 3.8) is 0 Å². The third-order valence-corrected chi connectivity index (χ3v) is 5.21. The second-order valence-electron chi connectivity index (χ2n) is 6.52. The summed E-state index contributed by atoms with van der Waals surface area (Å²) in [6, 6.07) is 15.7. The summed E-state index contributed by atoms with van der Waals surface area (Å²) in [7, 11) is 0. The first kappa shape index (κ1) is 20.0. The molecule has 0 saturated carbocycles. The van der Waals surface area contributed by atoms with Gasteiger partial charge in [0.15, 0.2) is 0 Å². The van der Waals surface area contributed by atoms with Gasteiger partial charge in [0.2, 0.25) is 0 Å². The lowest BCUT2D eigenvalue weighted by atomic mass is 10.2. The van der Waals surface area contributed by atoms with Gasteiger partial charge in [-0.15, -0.1) is 0 Å². The van der Waals surface area contributed by atoms with Crippen LogP contribution in [0.1, 0.15) is 11.1 Å². The highest BCUT2D eigenvalue weighted by molar-refractivity contribution is 9.10. The van der Waals surface area contributed by atoms with Crippen LogP contribution in [0.5, 0.6) is 0 Å². The largest absolute Gasteiger partial charge is 0.297 e. The zero-order valence-electron chi connectivity index (χ0n) is 14.9. The third kappa shape index (κ3) is 6.74. The van der Waals surface area contributed by atoms with E-state index in [-0.39, 0.29) is 5.91 Å². The van der Waals surface area contributed by atoms with Crippen molar-refractivity contribution in [3.8, 4) is 0 Å². The highest BCUT2D eigenvalue weighted by atomic mass is 79.9. The van der Waals surface area contributed by atoms with Crippen LogP contribution in [0.4, 0.5) is 0 Å². The van der Waals surface area contributed by atoms with E-state index in [9.17, 15) is 4.79 Å². The molecule has 2 aromatic rings. The SMILES string of the molecule is O=C(CN1CCN(Cc2ccc(Cl)cc2)CC1)N/N=C/c1ccc(Br)cc1. The molecule has 1 saturated heterocycles. The van der Waals surface area contributed by atoms with Gasteiger partial charge in [0, 0.05) is 42.2 Å². The lowest BCUT2D eigenvalue weighted by molar-refractivity contribution is -0.122. The van der Waals surface area contributed by atoms with Gasteiger partial charge >= 0.3 is 0 Å². The van der Waals surface area contributed by atoms with Gasteiger partial charge in [-0.25, -0.2) is 5.43 Å². The van der Waals surface area contributed by atoms with Gasteiger partial charge in [0.1, 0.15) is 0 Å². The van der Waals surface area contributed by atoms with Gasteiger partial charge in [0.25, 0.3) is 5.91 Å². The van der Waals surface area contributed by atoms with Crippen molar-refractivity contribution in [2.24, 2.45) is 5.10 Å². The van der Waals surface area contributed by atoms with Crippen LogP contribution >= 0.6 is 27.5 Å². The number of carbonyl (C=O) groups excluding carboxylic acids is 1. The van der Waals surface area contributed by atoms with E-state index in [0.717, 1.165) is 47.8 Å². The van der Waals surface area contributed by atoms with Crippen molar-refractivity contribution in [2.45, 2.75) is 6.54 Å². The van der Waals surface area contributed by atoms with E-state index in [1.54, 1.807) is 6.21 Å². The van der Waals surface area contributed by atoms with Crippen LogP contribution < -0.4 is 5.43 Å². The Morgan fingerprint density at radius 1 is 1.04 bits per heavy atom. The number of piperazine rings is 1. The smallest absolute Gasteiger partial charge is 0.254 e. The fraction of sp³-hybridized carbons (Fsp3) is 0.300. The molecule has 27 heavy (non-hydrogen) atoms. The molecule has 1 amide bonds. The Balaban J connectivity index is 1.37. The molecule has 0 aromatic heterocycles. The molecule has 2 aromatic carbocycles. The molecule has 1 aliphatic rings. The Hall–Kier alpha value is -1.73. The summed E-state index contributed by atoms with van der Waals surface area (Å²) in [4.78, 5) is 16.6. The van der Waals surface area contributed by atoms with Crippen LogP contribution in [-0.2, 0) is 11.3 Å².